The Bertz CT molecular complexity index is 491. The average Bonchev–Trinajstić information content (AvgIpc) is 2.17. The van der Waals surface area contributed by atoms with E-state index in [1.54, 1.807) is 12.1 Å². The molecule has 76 valence electrons. The topological polar surface area (TPSA) is 54.4 Å². The van der Waals surface area contributed by atoms with E-state index in [9.17, 15) is 13.5 Å². The first-order chi connectivity index (χ1) is 6.33. The number of hydrogen-bond acceptors (Lipinski definition) is 3. The second-order valence-corrected chi connectivity index (χ2v) is 6.55. The van der Waals surface area contributed by atoms with Crippen LogP contribution >= 0.6 is 15.9 Å². The molecule has 1 heterocycles. The van der Waals surface area contributed by atoms with Gasteiger partial charge in [0, 0.05) is 10.0 Å². The molecule has 0 aliphatic carbocycles. The van der Waals surface area contributed by atoms with Gasteiger partial charge in [-0.3, -0.25) is 0 Å². The maximum atomic E-state index is 11.6. The lowest BCUT2D eigenvalue weighted by Gasteiger charge is -2.14. The molecular weight excluding hydrogens is 268 g/mol. The Morgan fingerprint density at radius 1 is 1.50 bits per heavy atom. The van der Waals surface area contributed by atoms with Crippen molar-refractivity contribution in [2.24, 2.45) is 0 Å². The van der Waals surface area contributed by atoms with E-state index in [4.69, 9.17) is 0 Å². The molecule has 0 radical (unpaired) electrons. The number of benzene rings is 1. The summed E-state index contributed by atoms with van der Waals surface area (Å²) in [6, 6.07) is 4.91. The van der Waals surface area contributed by atoms with E-state index in [0.29, 0.717) is 10.0 Å². The minimum atomic E-state index is -3.32. The van der Waals surface area contributed by atoms with Crippen molar-refractivity contribution in [3.8, 4) is 0 Å². The molecule has 0 fully saturated rings. The zero-order valence-electron chi connectivity index (χ0n) is 7.49. The van der Waals surface area contributed by atoms with Crippen LogP contribution in [0.5, 0.6) is 0 Å². The Morgan fingerprint density at radius 2 is 2.14 bits per heavy atom. The smallest absolute Gasteiger partial charge is 0.181 e. The van der Waals surface area contributed by atoms with Gasteiger partial charge in [-0.1, -0.05) is 22.0 Å². The molecule has 0 spiro atoms. The largest absolute Gasteiger partial charge is 0.384 e. The van der Waals surface area contributed by atoms with Gasteiger partial charge in [0.25, 0.3) is 0 Å². The zero-order chi connectivity index (χ0) is 10.6. The van der Waals surface area contributed by atoms with Crippen molar-refractivity contribution in [3.05, 3.63) is 28.2 Å². The molecule has 1 aliphatic rings. The average molecular weight is 277 g/mol. The minimum Gasteiger partial charge on any atom is -0.384 e. The molecule has 0 aromatic heterocycles. The van der Waals surface area contributed by atoms with Crippen molar-refractivity contribution < 1.29 is 13.5 Å². The Balaban J connectivity index is 2.79. The molecule has 2 rings (SSSR count). The molecule has 1 unspecified atom stereocenters. The number of sulfone groups is 1. The fraction of sp³-hybridized carbons (Fsp3) is 0.333. The van der Waals surface area contributed by atoms with E-state index < -0.39 is 15.4 Å². The highest BCUT2D eigenvalue weighted by atomic mass is 79.9. The van der Waals surface area contributed by atoms with Crippen LogP contribution in [0.1, 0.15) is 12.5 Å². The van der Waals surface area contributed by atoms with Crippen molar-refractivity contribution in [3.63, 3.8) is 0 Å². The number of fused-ring (bicyclic) bond motifs is 1. The van der Waals surface area contributed by atoms with Crippen molar-refractivity contribution in [2.75, 3.05) is 5.75 Å². The fourth-order valence-corrected chi connectivity index (χ4v) is 4.22. The quantitative estimate of drug-likeness (QED) is 0.780. The first-order valence-electron chi connectivity index (χ1n) is 4.08. The SMILES string of the molecule is CC1(O)CS(=O)(=O)c2cc(Br)ccc21. The molecule has 1 aromatic carbocycles. The molecule has 1 aromatic rings. The summed E-state index contributed by atoms with van der Waals surface area (Å²) < 4.78 is 24.0. The van der Waals surface area contributed by atoms with Crippen molar-refractivity contribution in [1.82, 2.24) is 0 Å². The van der Waals surface area contributed by atoms with Gasteiger partial charge in [0.2, 0.25) is 0 Å². The highest BCUT2D eigenvalue weighted by molar-refractivity contribution is 9.10. The molecule has 1 aliphatic heterocycles. The minimum absolute atomic E-state index is 0.230. The molecule has 1 N–H and O–H groups in total. The first kappa shape index (κ1) is 10.1. The monoisotopic (exact) mass is 276 g/mol. The van der Waals surface area contributed by atoms with Gasteiger partial charge < -0.3 is 5.11 Å². The third-order valence-corrected chi connectivity index (χ3v) is 4.77. The maximum absolute atomic E-state index is 11.6. The summed E-state index contributed by atoms with van der Waals surface area (Å²) >= 11 is 3.21. The Hall–Kier alpha value is -0.390. The molecule has 0 amide bonds. The third kappa shape index (κ3) is 1.39. The van der Waals surface area contributed by atoms with Crippen LogP contribution in [0.4, 0.5) is 0 Å². The summed E-state index contributed by atoms with van der Waals surface area (Å²) in [6.07, 6.45) is 0. The predicted molar refractivity (Wildman–Crippen MR) is 55.8 cm³/mol. The summed E-state index contributed by atoms with van der Waals surface area (Å²) in [5.41, 5.74) is -0.768. The number of rotatable bonds is 0. The normalized spacial score (nSPS) is 28.8. The van der Waals surface area contributed by atoms with E-state index in [2.05, 4.69) is 15.9 Å². The van der Waals surface area contributed by atoms with Gasteiger partial charge in [-0.2, -0.15) is 0 Å². The number of hydrogen-bond donors (Lipinski definition) is 1. The summed E-state index contributed by atoms with van der Waals surface area (Å²) in [7, 11) is -3.32. The fourth-order valence-electron chi connectivity index (χ4n) is 1.72. The molecule has 1 atom stereocenters. The number of halogens is 1. The van der Waals surface area contributed by atoms with E-state index in [-0.39, 0.29) is 10.6 Å². The summed E-state index contributed by atoms with van der Waals surface area (Å²) in [5.74, 6) is -0.230. The molecular formula is C9H9BrO3S. The molecule has 3 nitrogen and oxygen atoms in total. The first-order valence-corrected chi connectivity index (χ1v) is 6.53. The second-order valence-electron chi connectivity index (χ2n) is 3.67. The molecule has 0 bridgehead atoms. The summed E-state index contributed by atoms with van der Waals surface area (Å²) in [5, 5.41) is 9.88. The van der Waals surface area contributed by atoms with Crippen LogP contribution in [0.2, 0.25) is 0 Å². The highest BCUT2D eigenvalue weighted by Crippen LogP contribution is 2.38. The van der Waals surface area contributed by atoms with Crippen LogP contribution in [-0.4, -0.2) is 19.3 Å². The highest BCUT2D eigenvalue weighted by Gasteiger charge is 2.42. The van der Waals surface area contributed by atoms with Crippen molar-refractivity contribution >= 4 is 25.8 Å². The van der Waals surface area contributed by atoms with Crippen molar-refractivity contribution in [1.29, 1.82) is 0 Å². The van der Waals surface area contributed by atoms with E-state index >= 15 is 0 Å². The van der Waals surface area contributed by atoms with Crippen LogP contribution in [0.25, 0.3) is 0 Å². The van der Waals surface area contributed by atoms with Gasteiger partial charge >= 0.3 is 0 Å². The van der Waals surface area contributed by atoms with Gasteiger partial charge in [-0.05, 0) is 19.1 Å². The van der Waals surface area contributed by atoms with Crippen LogP contribution in [0.15, 0.2) is 27.6 Å². The molecule has 14 heavy (non-hydrogen) atoms. The van der Waals surface area contributed by atoms with Gasteiger partial charge in [-0.25, -0.2) is 8.42 Å². The van der Waals surface area contributed by atoms with Gasteiger partial charge in [0.1, 0.15) is 5.60 Å². The van der Waals surface area contributed by atoms with Gasteiger partial charge in [0.05, 0.1) is 10.6 Å². The predicted octanol–water partition coefficient (Wildman–Crippen LogP) is 1.44. The lowest BCUT2D eigenvalue weighted by atomic mass is 9.99. The lowest BCUT2D eigenvalue weighted by molar-refractivity contribution is 0.0842. The molecule has 5 heteroatoms. The lowest BCUT2D eigenvalue weighted by Crippen LogP contribution is -2.22. The Kier molecular flexibility index (Phi) is 2.03. The number of aliphatic hydroxyl groups is 1. The Morgan fingerprint density at radius 3 is 2.79 bits per heavy atom. The van der Waals surface area contributed by atoms with Gasteiger partial charge in [-0.15, -0.1) is 0 Å². The third-order valence-electron chi connectivity index (χ3n) is 2.33. The van der Waals surface area contributed by atoms with Crippen LogP contribution < -0.4 is 0 Å². The summed E-state index contributed by atoms with van der Waals surface area (Å²) in [6.45, 7) is 1.52. The Labute approximate surface area is 90.8 Å². The molecule has 0 saturated carbocycles. The van der Waals surface area contributed by atoms with Crippen LogP contribution in [-0.2, 0) is 15.4 Å². The second kappa shape index (κ2) is 2.81. The van der Waals surface area contributed by atoms with Crippen LogP contribution in [0.3, 0.4) is 0 Å². The van der Waals surface area contributed by atoms with E-state index in [0.717, 1.165) is 0 Å². The summed E-state index contributed by atoms with van der Waals surface area (Å²) in [4.78, 5) is 0.233. The van der Waals surface area contributed by atoms with Gasteiger partial charge in [0.15, 0.2) is 9.84 Å². The zero-order valence-corrected chi connectivity index (χ0v) is 9.89. The van der Waals surface area contributed by atoms with Crippen LogP contribution in [0, 0.1) is 0 Å². The van der Waals surface area contributed by atoms with E-state index in [1.165, 1.54) is 13.0 Å². The maximum Gasteiger partial charge on any atom is 0.181 e. The molecule has 0 saturated heterocycles. The standard InChI is InChI=1S/C9H9BrO3S/c1-9(11)5-14(12,13)8-4-6(10)2-3-7(8)9/h2-4,11H,5H2,1H3. The van der Waals surface area contributed by atoms with Crippen molar-refractivity contribution in [2.45, 2.75) is 17.4 Å². The van der Waals surface area contributed by atoms with E-state index in [1.807, 2.05) is 0 Å².